The number of hydrogen-bond acceptors (Lipinski definition) is 3. The van der Waals surface area contributed by atoms with E-state index in [-0.39, 0.29) is 54.4 Å². The summed E-state index contributed by atoms with van der Waals surface area (Å²) >= 11 is 0. The third-order valence-electron chi connectivity index (χ3n) is 0.287. The quantitative estimate of drug-likeness (QED) is 0.309. The minimum atomic E-state index is -1.63. The van der Waals surface area contributed by atoms with Gasteiger partial charge < -0.3 is 9.90 Å². The van der Waals surface area contributed by atoms with Gasteiger partial charge in [0.15, 0.2) is 5.78 Å². The molecule has 0 aliphatic carbocycles. The molecule has 0 amide bonds. The molecule has 0 aliphatic rings. The molecule has 0 aromatic rings. The maximum Gasteiger partial charge on any atom is 1.00 e. The minimum absolute atomic E-state index is 0. The van der Waals surface area contributed by atoms with Crippen LogP contribution in [0.4, 0.5) is 0 Å². The molecule has 50 valence electrons. The number of halogens is 2. The summed E-state index contributed by atoms with van der Waals surface area (Å²) in [5.41, 5.74) is 0. The van der Waals surface area contributed by atoms with E-state index in [1.54, 1.807) is 0 Å². The first kappa shape index (κ1) is 22.6. The van der Waals surface area contributed by atoms with Gasteiger partial charge in [0.2, 0.25) is 0 Å². The van der Waals surface area contributed by atoms with Crippen LogP contribution in [0.2, 0.25) is 0 Å². The van der Waals surface area contributed by atoms with E-state index in [1.165, 1.54) is 0 Å². The Kier molecular flexibility index (Phi) is 28.9. The third-order valence-corrected chi connectivity index (χ3v) is 0.287. The number of carboxylic acids is 1. The van der Waals surface area contributed by atoms with Gasteiger partial charge in [-0.3, -0.25) is 4.79 Å². The van der Waals surface area contributed by atoms with E-state index in [0.29, 0.717) is 0 Å². The number of rotatable bonds is 1. The molecule has 0 saturated carbocycles. The predicted octanol–water partition coefficient (Wildman–Crippen LogP) is -3.83. The van der Waals surface area contributed by atoms with E-state index >= 15 is 0 Å². The Balaban J connectivity index is -0.0000000417. The Morgan fingerprint density at radius 3 is 1.33 bits per heavy atom. The van der Waals surface area contributed by atoms with Crippen molar-refractivity contribution in [2.75, 3.05) is 0 Å². The number of Topliss-reactive ketones (excluding diaryl/α,β-unsaturated/α-hetero) is 1. The standard InChI is InChI=1S/C3H4O3.2ClH.Na/c1-2(4)3(5)6;;;/h1H3,(H,5,6);2*1H;/q;;;+1/p-1. The summed E-state index contributed by atoms with van der Waals surface area (Å²) in [7, 11) is 0. The Bertz CT molecular complexity index is 83.1. The molecule has 0 unspecified atom stereocenters. The van der Waals surface area contributed by atoms with Crippen molar-refractivity contribution in [1.82, 2.24) is 0 Å². The van der Waals surface area contributed by atoms with E-state index in [0.717, 1.165) is 6.92 Å². The summed E-state index contributed by atoms with van der Waals surface area (Å²) in [6.07, 6.45) is 0. The first-order valence-electron chi connectivity index (χ1n) is 1.36. The average Bonchev–Trinajstić information content (AvgIpc) is 1.36. The van der Waals surface area contributed by atoms with Gasteiger partial charge in [0.25, 0.3) is 0 Å². The van der Waals surface area contributed by atoms with E-state index in [1.807, 2.05) is 0 Å². The predicted molar refractivity (Wildman–Crippen MR) is 30.2 cm³/mol. The summed E-state index contributed by atoms with van der Waals surface area (Å²) in [6, 6.07) is 0. The molecule has 0 aromatic carbocycles. The van der Waals surface area contributed by atoms with Crippen molar-refractivity contribution < 1.29 is 44.3 Å². The summed E-state index contributed by atoms with van der Waals surface area (Å²) in [5, 5.41) is 9.24. The number of carboxylic acid groups (broad SMARTS) is 1. The zero-order valence-corrected chi connectivity index (χ0v) is 8.67. The molecule has 0 heterocycles. The summed E-state index contributed by atoms with van der Waals surface area (Å²) in [4.78, 5) is 18.7. The Hall–Kier alpha value is 0.720. The zero-order chi connectivity index (χ0) is 5.15. The Labute approximate surface area is 87.3 Å². The van der Waals surface area contributed by atoms with Gasteiger partial charge in [-0.1, -0.05) is 0 Å². The van der Waals surface area contributed by atoms with Crippen LogP contribution in [0.1, 0.15) is 6.92 Å². The largest absolute Gasteiger partial charge is 1.00 e. The fourth-order valence-corrected chi connectivity index (χ4v) is 0. The van der Waals surface area contributed by atoms with Crippen molar-refractivity contribution in [2.45, 2.75) is 6.92 Å². The summed E-state index contributed by atoms with van der Waals surface area (Å²) in [5.74, 6) is -2.56. The first-order valence-corrected chi connectivity index (χ1v) is 1.36. The molecule has 0 spiro atoms. The van der Waals surface area contributed by atoms with Crippen molar-refractivity contribution >= 4 is 36.6 Å². The van der Waals surface area contributed by atoms with Crippen LogP contribution >= 0.6 is 24.8 Å². The van der Waals surface area contributed by atoms with Crippen LogP contribution in [0, 0.1) is 0 Å². The smallest absolute Gasteiger partial charge is 0.542 e. The van der Waals surface area contributed by atoms with Gasteiger partial charge >= 0.3 is 29.6 Å². The molecule has 0 rings (SSSR count). The first-order chi connectivity index (χ1) is 2.64. The normalized spacial score (nSPS) is 5.00. The zero-order valence-electron chi connectivity index (χ0n) is 5.04. The van der Waals surface area contributed by atoms with Crippen molar-refractivity contribution in [1.29, 1.82) is 0 Å². The molecular formula is C3H5Cl2NaO3. The molecule has 0 saturated heterocycles. The number of ketones is 1. The monoisotopic (exact) mass is 182 g/mol. The third kappa shape index (κ3) is 17.7. The minimum Gasteiger partial charge on any atom is -0.542 e. The number of carbonyl (C=O) groups is 2. The second-order valence-electron chi connectivity index (χ2n) is 0.844. The van der Waals surface area contributed by atoms with Gasteiger partial charge in [0.05, 0.1) is 0 Å². The van der Waals surface area contributed by atoms with Gasteiger partial charge in [-0.25, -0.2) is 0 Å². The molecule has 0 bridgehead atoms. The van der Waals surface area contributed by atoms with E-state index in [4.69, 9.17) is 0 Å². The van der Waals surface area contributed by atoms with Crippen LogP contribution in [0.5, 0.6) is 0 Å². The molecule has 0 fully saturated rings. The van der Waals surface area contributed by atoms with Crippen LogP contribution < -0.4 is 34.7 Å². The van der Waals surface area contributed by atoms with Crippen molar-refractivity contribution in [3.05, 3.63) is 0 Å². The molecule has 0 radical (unpaired) electrons. The summed E-state index contributed by atoms with van der Waals surface area (Å²) in [6.45, 7) is 0.940. The van der Waals surface area contributed by atoms with E-state index in [2.05, 4.69) is 0 Å². The molecule has 6 heteroatoms. The Morgan fingerprint density at radius 1 is 1.22 bits per heavy atom. The fraction of sp³-hybridized carbons (Fsp3) is 0.333. The Morgan fingerprint density at radius 2 is 1.33 bits per heavy atom. The van der Waals surface area contributed by atoms with Crippen LogP contribution in [0.3, 0.4) is 0 Å². The van der Waals surface area contributed by atoms with Crippen molar-refractivity contribution in [2.24, 2.45) is 0 Å². The molecule has 9 heavy (non-hydrogen) atoms. The van der Waals surface area contributed by atoms with Gasteiger partial charge in [0.1, 0.15) is 5.97 Å². The van der Waals surface area contributed by atoms with Crippen LogP contribution in [0.15, 0.2) is 0 Å². The van der Waals surface area contributed by atoms with Crippen molar-refractivity contribution in [3.63, 3.8) is 0 Å². The van der Waals surface area contributed by atoms with E-state index < -0.39 is 11.8 Å². The van der Waals surface area contributed by atoms with Gasteiger partial charge in [-0.15, -0.1) is 24.8 Å². The van der Waals surface area contributed by atoms with Crippen molar-refractivity contribution in [3.8, 4) is 0 Å². The molecular weight excluding hydrogens is 178 g/mol. The molecule has 0 N–H and O–H groups in total. The molecule has 0 atom stereocenters. The second-order valence-corrected chi connectivity index (χ2v) is 0.844. The average molecular weight is 183 g/mol. The second kappa shape index (κ2) is 11.5. The molecule has 3 nitrogen and oxygen atoms in total. The maximum atomic E-state index is 9.48. The number of aliphatic carboxylic acids is 1. The fourth-order valence-electron chi connectivity index (χ4n) is 0. The van der Waals surface area contributed by atoms with Gasteiger partial charge in [-0.05, 0) is 0 Å². The molecule has 0 aromatic heterocycles. The molecule has 0 aliphatic heterocycles. The van der Waals surface area contributed by atoms with Crippen LogP contribution in [0.25, 0.3) is 0 Å². The van der Waals surface area contributed by atoms with Crippen LogP contribution in [-0.2, 0) is 9.59 Å². The summed E-state index contributed by atoms with van der Waals surface area (Å²) < 4.78 is 0. The topological polar surface area (TPSA) is 57.2 Å². The van der Waals surface area contributed by atoms with Gasteiger partial charge in [-0.2, -0.15) is 0 Å². The van der Waals surface area contributed by atoms with Crippen LogP contribution in [-0.4, -0.2) is 11.8 Å². The van der Waals surface area contributed by atoms with E-state index in [9.17, 15) is 14.7 Å². The van der Waals surface area contributed by atoms with Gasteiger partial charge in [0, 0.05) is 6.92 Å². The maximum absolute atomic E-state index is 9.48. The SMILES string of the molecule is CC(=O)C(=O)[O-].Cl.Cl.[Na+]. The number of carbonyl (C=O) groups excluding carboxylic acids is 2. The number of hydrogen-bond donors (Lipinski definition) is 0.